The van der Waals surface area contributed by atoms with Gasteiger partial charge in [-0.3, -0.25) is 8.61 Å². The second-order valence-electron chi connectivity index (χ2n) is 2.75. The van der Waals surface area contributed by atoms with Crippen LogP contribution in [0.2, 0.25) is 0 Å². The maximum Gasteiger partial charge on any atom is 0.325 e. The summed E-state index contributed by atoms with van der Waals surface area (Å²) < 4.78 is 25.2. The topological polar surface area (TPSA) is 40.6 Å². The summed E-state index contributed by atoms with van der Waals surface area (Å²) in [5.74, 6) is 0. The second kappa shape index (κ2) is 2.41. The minimum Gasteiger partial charge on any atom is -0.262 e. The summed E-state index contributed by atoms with van der Waals surface area (Å²) in [6.07, 6.45) is 3.11. The molecule has 0 radical (unpaired) electrons. The summed E-state index contributed by atoms with van der Waals surface area (Å²) in [6, 6.07) is -0.0128. The lowest BCUT2D eigenvalue weighted by molar-refractivity contribution is 0.432. The van der Waals surface area contributed by atoms with E-state index in [2.05, 4.69) is 0 Å². The molecule has 1 aliphatic rings. The minimum absolute atomic E-state index is 0.0128. The van der Waals surface area contributed by atoms with E-state index in [1.807, 2.05) is 13.8 Å². The number of rotatable bonds is 1. The van der Waals surface area contributed by atoms with Crippen molar-refractivity contribution in [2.75, 3.05) is 7.05 Å². The van der Waals surface area contributed by atoms with Crippen LogP contribution in [0.15, 0.2) is 12.4 Å². The van der Waals surface area contributed by atoms with Gasteiger partial charge in [0.25, 0.3) is 0 Å². The van der Waals surface area contributed by atoms with E-state index in [9.17, 15) is 8.42 Å². The Hall–Kier alpha value is -0.710. The summed E-state index contributed by atoms with van der Waals surface area (Å²) >= 11 is 0. The molecule has 0 aromatic heterocycles. The first-order valence-electron chi connectivity index (χ1n) is 3.41. The Bertz CT molecular complexity index is 268. The van der Waals surface area contributed by atoms with E-state index in [1.165, 1.54) is 21.9 Å². The Labute approximate surface area is 67.3 Å². The van der Waals surface area contributed by atoms with Crippen LogP contribution in [0.25, 0.3) is 0 Å². The Kier molecular flexibility index (Phi) is 1.83. The van der Waals surface area contributed by atoms with E-state index in [0.29, 0.717) is 0 Å². The van der Waals surface area contributed by atoms with Crippen molar-refractivity contribution < 1.29 is 8.42 Å². The quantitative estimate of drug-likeness (QED) is 0.578. The van der Waals surface area contributed by atoms with E-state index < -0.39 is 10.2 Å². The van der Waals surface area contributed by atoms with E-state index in [-0.39, 0.29) is 6.04 Å². The van der Waals surface area contributed by atoms with Gasteiger partial charge in [0.2, 0.25) is 0 Å². The molecule has 1 aliphatic heterocycles. The van der Waals surface area contributed by atoms with Gasteiger partial charge in [-0.05, 0) is 13.8 Å². The fraction of sp³-hybridized carbons (Fsp3) is 0.667. The molecule has 0 aromatic rings. The first-order valence-corrected chi connectivity index (χ1v) is 4.81. The SMILES string of the molecule is CC(C)N1C=CN(C)S1(=O)=O. The summed E-state index contributed by atoms with van der Waals surface area (Å²) in [5.41, 5.74) is 0. The van der Waals surface area contributed by atoms with Crippen molar-refractivity contribution in [2.24, 2.45) is 0 Å². The van der Waals surface area contributed by atoms with Crippen molar-refractivity contribution in [2.45, 2.75) is 19.9 Å². The molecule has 11 heavy (non-hydrogen) atoms. The van der Waals surface area contributed by atoms with Crippen molar-refractivity contribution in [3.63, 3.8) is 0 Å². The van der Waals surface area contributed by atoms with Gasteiger partial charge in [0.1, 0.15) is 0 Å². The average molecular weight is 176 g/mol. The van der Waals surface area contributed by atoms with Crippen molar-refractivity contribution in [3.8, 4) is 0 Å². The highest BCUT2D eigenvalue weighted by Gasteiger charge is 2.29. The second-order valence-corrected chi connectivity index (χ2v) is 4.64. The van der Waals surface area contributed by atoms with Crippen molar-refractivity contribution in [3.05, 3.63) is 12.4 Å². The molecule has 0 saturated heterocycles. The van der Waals surface area contributed by atoms with Gasteiger partial charge in [-0.1, -0.05) is 0 Å². The van der Waals surface area contributed by atoms with Crippen LogP contribution in [-0.4, -0.2) is 30.1 Å². The van der Waals surface area contributed by atoms with Crippen molar-refractivity contribution in [1.82, 2.24) is 8.61 Å². The maximum absolute atomic E-state index is 11.3. The Balaban J connectivity index is 2.97. The van der Waals surface area contributed by atoms with E-state index >= 15 is 0 Å². The van der Waals surface area contributed by atoms with Gasteiger partial charge in [-0.2, -0.15) is 8.42 Å². The molecule has 0 unspecified atom stereocenters. The molecule has 0 fully saturated rings. The first kappa shape index (κ1) is 8.39. The lowest BCUT2D eigenvalue weighted by Gasteiger charge is -2.21. The minimum atomic E-state index is -3.21. The summed E-state index contributed by atoms with van der Waals surface area (Å²) in [7, 11) is -1.69. The van der Waals surface area contributed by atoms with Gasteiger partial charge in [0, 0.05) is 25.5 Å². The third-order valence-corrected chi connectivity index (χ3v) is 3.49. The predicted molar refractivity (Wildman–Crippen MR) is 42.8 cm³/mol. The Morgan fingerprint density at radius 2 is 1.82 bits per heavy atom. The van der Waals surface area contributed by atoms with Crippen LogP contribution in [0.5, 0.6) is 0 Å². The lowest BCUT2D eigenvalue weighted by Crippen LogP contribution is -2.34. The molecule has 0 bridgehead atoms. The molecule has 64 valence electrons. The zero-order valence-corrected chi connectivity index (χ0v) is 7.67. The summed E-state index contributed by atoms with van der Waals surface area (Å²) in [5, 5.41) is 0. The average Bonchev–Trinajstić information content (AvgIpc) is 2.08. The highest BCUT2D eigenvalue weighted by atomic mass is 32.2. The van der Waals surface area contributed by atoms with Crippen LogP contribution in [0.1, 0.15) is 13.8 Å². The molecule has 0 amide bonds. The van der Waals surface area contributed by atoms with Crippen LogP contribution in [0.3, 0.4) is 0 Å². The number of nitrogens with zero attached hydrogens (tertiary/aromatic N) is 2. The molecule has 0 spiro atoms. The van der Waals surface area contributed by atoms with Crippen LogP contribution in [0, 0.1) is 0 Å². The molecular formula is C6H12N2O2S. The van der Waals surface area contributed by atoms with Gasteiger partial charge in [0.15, 0.2) is 0 Å². The molecule has 1 heterocycles. The van der Waals surface area contributed by atoms with E-state index in [0.717, 1.165) is 0 Å². The van der Waals surface area contributed by atoms with Crippen molar-refractivity contribution >= 4 is 10.2 Å². The van der Waals surface area contributed by atoms with Gasteiger partial charge in [-0.25, -0.2) is 0 Å². The zero-order valence-electron chi connectivity index (χ0n) is 6.85. The predicted octanol–water partition coefficient (Wildman–Crippen LogP) is 0.358. The van der Waals surface area contributed by atoms with Crippen molar-refractivity contribution in [1.29, 1.82) is 0 Å². The van der Waals surface area contributed by atoms with E-state index in [4.69, 9.17) is 0 Å². The monoisotopic (exact) mass is 176 g/mol. The Morgan fingerprint density at radius 3 is 2.00 bits per heavy atom. The van der Waals surface area contributed by atoms with Crippen LogP contribution in [-0.2, 0) is 10.2 Å². The van der Waals surface area contributed by atoms with Crippen LogP contribution in [0.4, 0.5) is 0 Å². The summed E-state index contributed by atoms with van der Waals surface area (Å²) in [4.78, 5) is 0. The Morgan fingerprint density at radius 1 is 1.27 bits per heavy atom. The van der Waals surface area contributed by atoms with Gasteiger partial charge in [0.05, 0.1) is 0 Å². The molecule has 0 saturated carbocycles. The molecule has 0 atom stereocenters. The van der Waals surface area contributed by atoms with Gasteiger partial charge in [-0.15, -0.1) is 0 Å². The molecule has 0 aromatic carbocycles. The normalized spacial score (nSPS) is 21.8. The molecule has 1 rings (SSSR count). The fourth-order valence-electron chi connectivity index (χ4n) is 0.901. The lowest BCUT2D eigenvalue weighted by atomic mass is 10.4. The first-order chi connectivity index (χ1) is 4.96. The standard InChI is InChI=1S/C6H12N2O2S/c1-6(2)8-5-4-7(3)11(8,9)10/h4-6H,1-3H3. The highest BCUT2D eigenvalue weighted by molar-refractivity contribution is 7.87. The van der Waals surface area contributed by atoms with E-state index in [1.54, 1.807) is 6.20 Å². The van der Waals surface area contributed by atoms with Crippen LogP contribution >= 0.6 is 0 Å². The van der Waals surface area contributed by atoms with Crippen LogP contribution < -0.4 is 0 Å². The zero-order chi connectivity index (χ0) is 8.65. The third kappa shape index (κ3) is 1.20. The number of hydrogen-bond acceptors (Lipinski definition) is 2. The number of hydrogen-bond donors (Lipinski definition) is 0. The molecule has 0 N–H and O–H groups in total. The van der Waals surface area contributed by atoms with Gasteiger partial charge >= 0.3 is 10.2 Å². The highest BCUT2D eigenvalue weighted by Crippen LogP contribution is 2.17. The van der Waals surface area contributed by atoms with Gasteiger partial charge < -0.3 is 0 Å². The summed E-state index contributed by atoms with van der Waals surface area (Å²) in [6.45, 7) is 3.67. The molecule has 4 nitrogen and oxygen atoms in total. The molecular weight excluding hydrogens is 164 g/mol. The third-order valence-electron chi connectivity index (χ3n) is 1.56. The smallest absolute Gasteiger partial charge is 0.262 e. The largest absolute Gasteiger partial charge is 0.325 e. The molecule has 5 heteroatoms. The maximum atomic E-state index is 11.3. The fourth-order valence-corrected chi connectivity index (χ4v) is 2.15. The molecule has 0 aliphatic carbocycles.